The molecule has 6 aliphatic rings. The number of amides is 3. The van der Waals surface area contributed by atoms with Gasteiger partial charge < -0.3 is 9.64 Å². The second-order valence-corrected chi connectivity index (χ2v) is 10.8. The normalized spacial score (nSPS) is 33.7. The van der Waals surface area contributed by atoms with Crippen molar-refractivity contribution in [3.05, 3.63) is 66.2 Å². The summed E-state index contributed by atoms with van der Waals surface area (Å²) in [4.78, 5) is 54.9. The van der Waals surface area contributed by atoms with E-state index in [1.807, 2.05) is 31.2 Å². The highest BCUT2D eigenvalue weighted by Crippen LogP contribution is 2.65. The van der Waals surface area contributed by atoms with Crippen LogP contribution in [0.5, 0.6) is 5.75 Å². The summed E-state index contributed by atoms with van der Waals surface area (Å²) in [5.74, 6) is -0.0376. The molecule has 0 spiro atoms. The van der Waals surface area contributed by atoms with E-state index in [0.717, 1.165) is 17.7 Å². The van der Waals surface area contributed by atoms with Gasteiger partial charge in [-0.1, -0.05) is 24.3 Å². The lowest BCUT2D eigenvalue weighted by atomic mass is 9.63. The van der Waals surface area contributed by atoms with Gasteiger partial charge in [-0.15, -0.1) is 0 Å². The third-order valence-electron chi connectivity index (χ3n) is 8.75. The first kappa shape index (κ1) is 21.5. The SMILES string of the molecule is Cc1cccc(N2C[C@@H](C(=O)Oc3ccc(N4C(=O)[C@H]5[C@@H]6C=C[C@H]([C@H]7C[C@H]67)[C@@H]5C4=O)cc3)CC2=O)c1. The molecule has 8 rings (SSSR count). The van der Waals surface area contributed by atoms with Gasteiger partial charge in [0.2, 0.25) is 17.7 Å². The van der Waals surface area contributed by atoms with Crippen LogP contribution in [-0.2, 0) is 19.2 Å². The van der Waals surface area contributed by atoms with E-state index in [-0.39, 0.29) is 54.4 Å². The van der Waals surface area contributed by atoms with Gasteiger partial charge in [0.15, 0.2) is 0 Å². The highest BCUT2D eigenvalue weighted by molar-refractivity contribution is 6.22. The number of hydrogen-bond donors (Lipinski definition) is 0. The number of hydrogen-bond acceptors (Lipinski definition) is 5. The number of rotatable bonds is 4. The number of imide groups is 1. The summed E-state index contributed by atoms with van der Waals surface area (Å²) in [7, 11) is 0. The summed E-state index contributed by atoms with van der Waals surface area (Å²) in [5.41, 5.74) is 2.33. The molecule has 2 heterocycles. The predicted molar refractivity (Wildman–Crippen MR) is 131 cm³/mol. The second-order valence-electron chi connectivity index (χ2n) is 10.8. The topological polar surface area (TPSA) is 84.0 Å². The molecule has 2 aromatic carbocycles. The third-order valence-corrected chi connectivity index (χ3v) is 8.75. The monoisotopic (exact) mass is 482 g/mol. The van der Waals surface area contributed by atoms with Crippen LogP contribution >= 0.6 is 0 Å². The minimum absolute atomic E-state index is 0.1000. The van der Waals surface area contributed by atoms with Crippen LogP contribution in [0.25, 0.3) is 0 Å². The molecule has 36 heavy (non-hydrogen) atoms. The van der Waals surface area contributed by atoms with Crippen LogP contribution < -0.4 is 14.5 Å². The van der Waals surface area contributed by atoms with Crippen LogP contribution in [0.4, 0.5) is 11.4 Å². The van der Waals surface area contributed by atoms with Gasteiger partial charge in [0.1, 0.15) is 5.75 Å². The van der Waals surface area contributed by atoms with Gasteiger partial charge >= 0.3 is 5.97 Å². The van der Waals surface area contributed by atoms with Gasteiger partial charge in [-0.3, -0.25) is 24.1 Å². The van der Waals surface area contributed by atoms with E-state index >= 15 is 0 Å². The third kappa shape index (κ3) is 3.11. The summed E-state index contributed by atoms with van der Waals surface area (Å²) in [6, 6.07) is 14.2. The van der Waals surface area contributed by atoms with E-state index in [0.29, 0.717) is 23.3 Å². The van der Waals surface area contributed by atoms with Gasteiger partial charge in [0.05, 0.1) is 23.4 Å². The number of allylic oxidation sites excluding steroid dienone is 2. The van der Waals surface area contributed by atoms with E-state index in [4.69, 9.17) is 4.74 Å². The Morgan fingerprint density at radius 2 is 1.56 bits per heavy atom. The average molecular weight is 483 g/mol. The van der Waals surface area contributed by atoms with Crippen molar-refractivity contribution < 1.29 is 23.9 Å². The number of aryl methyl sites for hydroxylation is 1. The summed E-state index contributed by atoms with van der Waals surface area (Å²) in [5, 5.41) is 0. The van der Waals surface area contributed by atoms with Crippen LogP contribution in [-0.4, -0.2) is 30.2 Å². The van der Waals surface area contributed by atoms with Gasteiger partial charge in [-0.25, -0.2) is 0 Å². The Morgan fingerprint density at radius 1 is 0.889 bits per heavy atom. The lowest BCUT2D eigenvalue weighted by molar-refractivity contribution is -0.139. The zero-order valence-electron chi connectivity index (χ0n) is 19.9. The highest BCUT2D eigenvalue weighted by atomic mass is 16.5. The number of anilines is 2. The number of ether oxygens (including phenoxy) is 1. The summed E-state index contributed by atoms with van der Waals surface area (Å²) in [6.07, 6.45) is 5.55. The average Bonchev–Trinajstić information content (AvgIpc) is 3.55. The first-order valence-corrected chi connectivity index (χ1v) is 12.7. The molecule has 7 heteroatoms. The fourth-order valence-electron chi connectivity index (χ4n) is 6.99. The Balaban J connectivity index is 1.04. The number of carbonyl (C=O) groups is 4. The molecular weight excluding hydrogens is 456 g/mol. The Labute approximate surface area is 208 Å². The van der Waals surface area contributed by atoms with E-state index < -0.39 is 11.9 Å². The van der Waals surface area contributed by atoms with E-state index in [9.17, 15) is 19.2 Å². The van der Waals surface area contributed by atoms with Crippen molar-refractivity contribution in [2.24, 2.45) is 41.4 Å². The van der Waals surface area contributed by atoms with Crippen molar-refractivity contribution in [3.63, 3.8) is 0 Å². The maximum absolute atomic E-state index is 13.3. The van der Waals surface area contributed by atoms with Crippen molar-refractivity contribution in [1.82, 2.24) is 0 Å². The van der Waals surface area contributed by atoms with Crippen molar-refractivity contribution in [2.45, 2.75) is 19.8 Å². The van der Waals surface area contributed by atoms with Gasteiger partial charge in [0.25, 0.3) is 0 Å². The minimum Gasteiger partial charge on any atom is -0.426 e. The Morgan fingerprint density at radius 3 is 2.19 bits per heavy atom. The van der Waals surface area contributed by atoms with E-state index in [1.54, 1.807) is 29.2 Å². The molecule has 4 aliphatic carbocycles. The van der Waals surface area contributed by atoms with Crippen molar-refractivity contribution >= 4 is 35.1 Å². The first-order chi connectivity index (χ1) is 17.4. The largest absolute Gasteiger partial charge is 0.426 e. The van der Waals surface area contributed by atoms with Crippen LogP contribution in [0.15, 0.2) is 60.7 Å². The van der Waals surface area contributed by atoms with E-state index in [1.165, 1.54) is 4.90 Å². The zero-order valence-corrected chi connectivity index (χ0v) is 19.9. The summed E-state index contributed by atoms with van der Waals surface area (Å²) >= 11 is 0. The summed E-state index contributed by atoms with van der Waals surface area (Å²) < 4.78 is 5.57. The highest BCUT2D eigenvalue weighted by Gasteiger charge is 2.67. The maximum Gasteiger partial charge on any atom is 0.316 e. The Bertz CT molecular complexity index is 1310. The van der Waals surface area contributed by atoms with Gasteiger partial charge in [0, 0.05) is 18.7 Å². The lowest BCUT2D eigenvalue weighted by Gasteiger charge is -2.37. The molecule has 0 aromatic heterocycles. The molecule has 2 aliphatic heterocycles. The molecule has 2 saturated carbocycles. The second kappa shape index (κ2) is 7.63. The molecule has 182 valence electrons. The van der Waals surface area contributed by atoms with Crippen LogP contribution in [0.3, 0.4) is 0 Å². The number of carbonyl (C=O) groups excluding carboxylic acids is 4. The molecule has 3 amide bonds. The van der Waals surface area contributed by atoms with E-state index in [2.05, 4.69) is 12.2 Å². The Hall–Kier alpha value is -3.74. The molecule has 4 fully saturated rings. The molecular formula is C29H26N2O5. The lowest BCUT2D eigenvalue weighted by Crippen LogP contribution is -2.40. The number of nitrogens with zero attached hydrogens (tertiary/aromatic N) is 2. The minimum atomic E-state index is -0.558. The van der Waals surface area contributed by atoms with Crippen molar-refractivity contribution in [1.29, 1.82) is 0 Å². The molecule has 7 atom stereocenters. The van der Waals surface area contributed by atoms with Gasteiger partial charge in [-0.05, 0) is 79.0 Å². The number of esters is 1. The Kier molecular flexibility index (Phi) is 4.56. The van der Waals surface area contributed by atoms with Crippen LogP contribution in [0.2, 0.25) is 0 Å². The summed E-state index contributed by atoms with van der Waals surface area (Å²) in [6.45, 7) is 2.23. The van der Waals surface area contributed by atoms with Crippen LogP contribution in [0, 0.1) is 48.3 Å². The predicted octanol–water partition coefficient (Wildman–Crippen LogP) is 3.51. The van der Waals surface area contributed by atoms with Crippen molar-refractivity contribution in [3.8, 4) is 5.75 Å². The first-order valence-electron chi connectivity index (χ1n) is 12.7. The molecule has 0 radical (unpaired) electrons. The molecule has 2 aromatic rings. The quantitative estimate of drug-likeness (QED) is 0.288. The molecule has 0 N–H and O–H groups in total. The fourth-order valence-corrected chi connectivity index (χ4v) is 6.99. The smallest absolute Gasteiger partial charge is 0.316 e. The van der Waals surface area contributed by atoms with Gasteiger partial charge in [-0.2, -0.15) is 0 Å². The molecule has 2 saturated heterocycles. The molecule has 7 nitrogen and oxygen atoms in total. The fraction of sp³-hybridized carbons (Fsp3) is 0.379. The van der Waals surface area contributed by atoms with Crippen LogP contribution in [0.1, 0.15) is 18.4 Å². The molecule has 0 unspecified atom stereocenters. The molecule has 2 bridgehead atoms. The number of benzene rings is 2. The zero-order chi connectivity index (χ0) is 24.7. The maximum atomic E-state index is 13.3. The van der Waals surface area contributed by atoms with Crippen molar-refractivity contribution in [2.75, 3.05) is 16.3 Å². The standard InChI is InChI=1S/C29H26N2O5/c1-15-3-2-4-18(11-15)30-14-16(12-24(30)32)29(35)36-19-7-5-17(6-8-19)31-27(33)25-20-9-10-21(23-13-22(20)23)26(25)28(31)34/h2-11,16,20-23,25-26H,12-14H2,1H3/t16-,20+,21+,22+,23+,25-,26-/m0/s1.